The molecule has 30 heavy (non-hydrogen) atoms. The van der Waals surface area contributed by atoms with E-state index < -0.39 is 0 Å². The zero-order valence-corrected chi connectivity index (χ0v) is 18.0. The first-order valence-electron chi connectivity index (χ1n) is 10.5. The Balaban J connectivity index is 1.21. The maximum absolute atomic E-state index is 12.4. The predicted molar refractivity (Wildman–Crippen MR) is 123 cm³/mol. The van der Waals surface area contributed by atoms with Gasteiger partial charge in [0.25, 0.3) is 0 Å². The molecule has 0 bridgehead atoms. The first-order chi connectivity index (χ1) is 14.7. The van der Waals surface area contributed by atoms with Crippen LogP contribution in [0.4, 0.5) is 5.13 Å². The van der Waals surface area contributed by atoms with Gasteiger partial charge >= 0.3 is 0 Å². The summed E-state index contributed by atoms with van der Waals surface area (Å²) in [7, 11) is 2.14. The first kappa shape index (κ1) is 19.4. The van der Waals surface area contributed by atoms with Crippen LogP contribution in [0.5, 0.6) is 0 Å². The van der Waals surface area contributed by atoms with Crippen molar-refractivity contribution < 1.29 is 4.79 Å². The third-order valence-corrected chi connectivity index (χ3v) is 6.85. The number of benzene rings is 2. The maximum Gasteiger partial charge on any atom is 0.227 e. The molecule has 3 aromatic rings. The van der Waals surface area contributed by atoms with Gasteiger partial charge in [0.2, 0.25) is 5.91 Å². The van der Waals surface area contributed by atoms with Crippen LogP contribution >= 0.6 is 11.3 Å². The standard InChI is InChI=1S/C24H26N4OS/c1-27-10-12-28(13-11-27)9-8-23(29)26-24-25-22(16-30-24)18-6-7-21-19(15-18)14-17-4-2-3-5-20(17)21/h2-7,15-16H,8-14H2,1H3,(H,25,26,29). The van der Waals surface area contributed by atoms with E-state index in [9.17, 15) is 4.79 Å². The normalized spacial score (nSPS) is 16.3. The summed E-state index contributed by atoms with van der Waals surface area (Å²) >= 11 is 1.49. The zero-order valence-electron chi connectivity index (χ0n) is 17.2. The molecule has 1 N–H and O–H groups in total. The van der Waals surface area contributed by atoms with E-state index >= 15 is 0 Å². The predicted octanol–water partition coefficient (Wildman–Crippen LogP) is 3.96. The largest absolute Gasteiger partial charge is 0.304 e. The monoisotopic (exact) mass is 418 g/mol. The summed E-state index contributed by atoms with van der Waals surface area (Å²) in [5.74, 6) is 0.0410. The number of fused-ring (bicyclic) bond motifs is 3. The zero-order chi connectivity index (χ0) is 20.5. The number of aromatic nitrogens is 1. The highest BCUT2D eigenvalue weighted by molar-refractivity contribution is 7.14. The van der Waals surface area contributed by atoms with Gasteiger partial charge in [-0.25, -0.2) is 4.98 Å². The van der Waals surface area contributed by atoms with Gasteiger partial charge in [0.15, 0.2) is 5.13 Å². The Morgan fingerprint density at radius 3 is 2.73 bits per heavy atom. The first-order valence-corrected chi connectivity index (χ1v) is 11.4. The minimum absolute atomic E-state index is 0.0410. The Labute approximate surface area is 181 Å². The van der Waals surface area contributed by atoms with Crippen LogP contribution in [0.1, 0.15) is 17.5 Å². The average Bonchev–Trinajstić information content (AvgIpc) is 3.37. The fourth-order valence-corrected chi connectivity index (χ4v) is 5.02. The van der Waals surface area contributed by atoms with E-state index in [1.807, 2.05) is 5.38 Å². The van der Waals surface area contributed by atoms with Crippen LogP contribution in [0.2, 0.25) is 0 Å². The maximum atomic E-state index is 12.4. The topological polar surface area (TPSA) is 48.5 Å². The van der Waals surface area contributed by atoms with Crippen LogP contribution in [0, 0.1) is 0 Å². The van der Waals surface area contributed by atoms with Crippen molar-refractivity contribution in [1.29, 1.82) is 0 Å². The Morgan fingerprint density at radius 1 is 1.07 bits per heavy atom. The number of nitrogens with zero attached hydrogens (tertiary/aromatic N) is 3. The van der Waals surface area contributed by atoms with Gasteiger partial charge in [0, 0.05) is 50.1 Å². The second-order valence-electron chi connectivity index (χ2n) is 8.19. The smallest absolute Gasteiger partial charge is 0.227 e. The van der Waals surface area contributed by atoms with Gasteiger partial charge in [0.1, 0.15) is 0 Å². The third-order valence-electron chi connectivity index (χ3n) is 6.09. The van der Waals surface area contributed by atoms with E-state index in [1.54, 1.807) is 0 Å². The van der Waals surface area contributed by atoms with E-state index in [0.717, 1.165) is 50.4 Å². The van der Waals surface area contributed by atoms with Crippen molar-refractivity contribution in [3.63, 3.8) is 0 Å². The molecule has 0 radical (unpaired) electrons. The summed E-state index contributed by atoms with van der Waals surface area (Å²) in [4.78, 5) is 21.7. The number of carbonyl (C=O) groups excluding carboxylic acids is 1. The van der Waals surface area contributed by atoms with E-state index in [1.165, 1.54) is 33.6 Å². The van der Waals surface area contributed by atoms with Crippen molar-refractivity contribution in [2.45, 2.75) is 12.8 Å². The Morgan fingerprint density at radius 2 is 1.87 bits per heavy atom. The number of hydrogen-bond acceptors (Lipinski definition) is 5. The number of hydrogen-bond donors (Lipinski definition) is 1. The van der Waals surface area contributed by atoms with E-state index in [0.29, 0.717) is 11.6 Å². The molecule has 2 heterocycles. The van der Waals surface area contributed by atoms with Crippen molar-refractivity contribution in [3.05, 3.63) is 59.0 Å². The van der Waals surface area contributed by atoms with Gasteiger partial charge in [-0.1, -0.05) is 36.4 Å². The molecule has 5 nitrogen and oxygen atoms in total. The highest BCUT2D eigenvalue weighted by atomic mass is 32.1. The quantitative estimate of drug-likeness (QED) is 0.533. The Bertz CT molecular complexity index is 1070. The van der Waals surface area contributed by atoms with Crippen molar-refractivity contribution in [2.24, 2.45) is 0 Å². The lowest BCUT2D eigenvalue weighted by molar-refractivity contribution is -0.116. The van der Waals surface area contributed by atoms with Crippen LogP contribution in [0.15, 0.2) is 47.8 Å². The molecule has 0 atom stereocenters. The number of likely N-dealkylation sites (N-methyl/N-ethyl adjacent to an activating group) is 1. The SMILES string of the molecule is CN1CCN(CCC(=O)Nc2nc(-c3ccc4c(c3)Cc3ccccc3-4)cs2)CC1. The second kappa shape index (κ2) is 8.30. The van der Waals surface area contributed by atoms with Crippen LogP contribution in [0.3, 0.4) is 0 Å². The van der Waals surface area contributed by atoms with Gasteiger partial charge < -0.3 is 15.1 Å². The molecular formula is C24H26N4OS. The molecule has 0 unspecified atom stereocenters. The minimum Gasteiger partial charge on any atom is -0.304 e. The highest BCUT2D eigenvalue weighted by Crippen LogP contribution is 2.38. The highest BCUT2D eigenvalue weighted by Gasteiger charge is 2.19. The number of thiazole rings is 1. The van der Waals surface area contributed by atoms with E-state index in [2.05, 4.69) is 69.6 Å². The van der Waals surface area contributed by atoms with Crippen molar-refractivity contribution in [1.82, 2.24) is 14.8 Å². The molecule has 1 saturated heterocycles. The summed E-state index contributed by atoms with van der Waals surface area (Å²) in [5, 5.41) is 5.68. The van der Waals surface area contributed by atoms with E-state index in [-0.39, 0.29) is 5.91 Å². The molecule has 1 aliphatic carbocycles. The molecule has 1 aromatic heterocycles. The van der Waals surface area contributed by atoms with Gasteiger partial charge in [0.05, 0.1) is 5.69 Å². The summed E-state index contributed by atoms with van der Waals surface area (Å²) in [6.07, 6.45) is 1.48. The van der Waals surface area contributed by atoms with Crippen LogP contribution < -0.4 is 5.32 Å². The lowest BCUT2D eigenvalue weighted by Crippen LogP contribution is -2.45. The molecule has 1 aliphatic heterocycles. The summed E-state index contributed by atoms with van der Waals surface area (Å²) in [6.45, 7) is 5.02. The molecule has 6 heteroatoms. The van der Waals surface area contributed by atoms with Crippen molar-refractivity contribution >= 4 is 22.4 Å². The lowest BCUT2D eigenvalue weighted by atomic mass is 10.0. The molecule has 1 fully saturated rings. The number of carbonyl (C=O) groups is 1. The van der Waals surface area contributed by atoms with Crippen LogP contribution in [-0.2, 0) is 11.2 Å². The fourth-order valence-electron chi connectivity index (χ4n) is 4.28. The summed E-state index contributed by atoms with van der Waals surface area (Å²) in [6, 6.07) is 15.2. The third kappa shape index (κ3) is 4.03. The van der Waals surface area contributed by atoms with Crippen molar-refractivity contribution in [2.75, 3.05) is 45.1 Å². The lowest BCUT2D eigenvalue weighted by Gasteiger charge is -2.32. The van der Waals surface area contributed by atoms with Gasteiger partial charge in [-0.3, -0.25) is 4.79 Å². The molecule has 154 valence electrons. The van der Waals surface area contributed by atoms with Gasteiger partial charge in [-0.2, -0.15) is 0 Å². The summed E-state index contributed by atoms with van der Waals surface area (Å²) < 4.78 is 0. The summed E-state index contributed by atoms with van der Waals surface area (Å²) in [5.41, 5.74) is 7.42. The molecule has 1 amide bonds. The van der Waals surface area contributed by atoms with Crippen molar-refractivity contribution in [3.8, 4) is 22.4 Å². The minimum atomic E-state index is 0.0410. The average molecular weight is 419 g/mol. The number of amides is 1. The van der Waals surface area contributed by atoms with Gasteiger partial charge in [-0.15, -0.1) is 11.3 Å². The second-order valence-corrected chi connectivity index (χ2v) is 9.04. The fraction of sp³-hybridized carbons (Fsp3) is 0.333. The number of anilines is 1. The van der Waals surface area contributed by atoms with E-state index in [4.69, 9.17) is 0 Å². The van der Waals surface area contributed by atoms with Gasteiger partial charge in [-0.05, 0) is 41.8 Å². The Kier molecular flexibility index (Phi) is 5.37. The molecular weight excluding hydrogens is 392 g/mol. The molecule has 0 saturated carbocycles. The number of nitrogens with one attached hydrogen (secondary N) is 1. The molecule has 2 aliphatic rings. The molecule has 0 spiro atoms. The molecule has 5 rings (SSSR count). The number of rotatable bonds is 5. The van der Waals surface area contributed by atoms with Crippen LogP contribution in [-0.4, -0.2) is 60.5 Å². The number of piperazine rings is 1. The van der Waals surface area contributed by atoms with Crippen LogP contribution in [0.25, 0.3) is 22.4 Å². The molecule has 2 aromatic carbocycles. The Hall–Kier alpha value is -2.54.